The molecule has 0 aromatic heterocycles. The Hall–Kier alpha value is -1.06. The predicted octanol–water partition coefficient (Wildman–Crippen LogP) is 6.95. The number of rotatable bonds is 5. The number of ether oxygens (including phenoxy) is 1. The van der Waals surface area contributed by atoms with Crippen LogP contribution in [0.2, 0.25) is 0 Å². The third-order valence-electron chi connectivity index (χ3n) is 10.8. The van der Waals surface area contributed by atoms with E-state index in [9.17, 15) is 35.5 Å². The molecule has 10 heteroatoms. The molecule has 208 valence electrons. The molecular weight excluding hydrogens is 491 g/mol. The average molecular weight is 530 g/mol. The minimum atomic E-state index is -6.56. The lowest BCUT2D eigenvalue weighted by Crippen LogP contribution is -2.60. The number of hydrogen-bond acceptors (Lipinski definition) is 3. The molecule has 0 aromatic carbocycles. The number of esters is 1. The Kier molecular flexibility index (Phi) is 7.00. The summed E-state index contributed by atoms with van der Waals surface area (Å²) in [6.45, 7) is 6.89. The lowest BCUT2D eigenvalue weighted by Gasteiger charge is -2.62. The van der Waals surface area contributed by atoms with Gasteiger partial charge in [0.05, 0.1) is 6.61 Å². The van der Waals surface area contributed by atoms with Crippen LogP contribution in [0.5, 0.6) is 0 Å². The zero-order valence-corrected chi connectivity index (χ0v) is 21.4. The molecule has 0 spiro atoms. The van der Waals surface area contributed by atoms with Crippen molar-refractivity contribution in [3.63, 3.8) is 0 Å². The van der Waals surface area contributed by atoms with Gasteiger partial charge in [0, 0.05) is 6.04 Å². The van der Waals surface area contributed by atoms with Crippen LogP contribution in [0.3, 0.4) is 0 Å². The van der Waals surface area contributed by atoms with Gasteiger partial charge in [0.15, 0.2) is 0 Å². The van der Waals surface area contributed by atoms with Crippen molar-refractivity contribution < 1.29 is 40.3 Å². The molecule has 3 aliphatic carbocycles. The molecule has 4 rings (SSSR count). The topological polar surface area (TPSA) is 29.5 Å². The summed E-state index contributed by atoms with van der Waals surface area (Å²) >= 11 is 0. The van der Waals surface area contributed by atoms with Gasteiger partial charge in [0.2, 0.25) is 0 Å². The van der Waals surface area contributed by atoms with Crippen molar-refractivity contribution in [3.8, 4) is 0 Å². The van der Waals surface area contributed by atoms with E-state index in [4.69, 9.17) is 0 Å². The minimum Gasteiger partial charge on any atom is -0.461 e. The second-order valence-electron chi connectivity index (χ2n) is 12.5. The molecule has 1 saturated heterocycles. The third kappa shape index (κ3) is 4.06. The molecule has 3 nitrogen and oxygen atoms in total. The summed E-state index contributed by atoms with van der Waals surface area (Å²) in [5.41, 5.74) is 0.168. The standard InChI is InChI=1S/C26H38F7NO2/c1-15(14-36-21(35)24(27,28)25(29,30)26(31,32)33)17-7-8-18-16-6-9-20-23(3,11-5-13-34(20)4)19(16)10-12-22(17,18)2/h15-20H,5-14H2,1-4H3/t15?,16-,17+,18-,19-,20+,22+,23+/m0/s1. The van der Waals surface area contributed by atoms with Crippen molar-refractivity contribution in [1.29, 1.82) is 0 Å². The maximum absolute atomic E-state index is 13.7. The first-order valence-corrected chi connectivity index (χ1v) is 13.2. The fourth-order valence-corrected chi connectivity index (χ4v) is 9.07. The van der Waals surface area contributed by atoms with Gasteiger partial charge in [-0.2, -0.15) is 30.7 Å². The van der Waals surface area contributed by atoms with Crippen molar-refractivity contribution in [2.75, 3.05) is 20.2 Å². The lowest BCUT2D eigenvalue weighted by molar-refractivity contribution is -0.348. The first-order valence-electron chi connectivity index (χ1n) is 13.2. The van der Waals surface area contributed by atoms with E-state index in [2.05, 4.69) is 30.5 Å². The maximum Gasteiger partial charge on any atom is 0.460 e. The van der Waals surface area contributed by atoms with Crippen LogP contribution >= 0.6 is 0 Å². The number of halogens is 7. The number of carbonyl (C=O) groups excluding carboxylic acids is 1. The van der Waals surface area contributed by atoms with Crippen LogP contribution in [0.1, 0.15) is 72.1 Å². The van der Waals surface area contributed by atoms with Gasteiger partial charge in [-0.25, -0.2) is 4.79 Å². The number of carbonyl (C=O) groups is 1. The molecule has 0 aromatic rings. The van der Waals surface area contributed by atoms with Crippen molar-refractivity contribution in [2.45, 2.75) is 96.2 Å². The zero-order valence-electron chi connectivity index (χ0n) is 21.4. The Bertz CT molecular complexity index is 849. The van der Waals surface area contributed by atoms with Crippen LogP contribution in [-0.2, 0) is 9.53 Å². The minimum absolute atomic E-state index is 0.0209. The maximum atomic E-state index is 13.7. The molecule has 0 radical (unpaired) electrons. The van der Waals surface area contributed by atoms with Gasteiger partial charge < -0.3 is 9.64 Å². The second-order valence-corrected chi connectivity index (χ2v) is 12.5. The fourth-order valence-electron chi connectivity index (χ4n) is 9.07. The summed E-state index contributed by atoms with van der Waals surface area (Å²) in [4.78, 5) is 14.2. The van der Waals surface area contributed by atoms with Crippen LogP contribution in [0.15, 0.2) is 0 Å². The van der Waals surface area contributed by atoms with Crippen LogP contribution in [-0.4, -0.2) is 55.1 Å². The van der Waals surface area contributed by atoms with E-state index in [1.807, 2.05) is 0 Å². The SMILES string of the molecule is CC(COC(=O)C(F)(F)C(F)(F)C(F)(F)F)[C@H]1CC[C@H]2[C@@H]3CC[C@H]4N(C)CCC[C@]4(C)[C@H]3CC[C@]12C. The van der Waals surface area contributed by atoms with Gasteiger partial charge in [-0.05, 0) is 105 Å². The van der Waals surface area contributed by atoms with E-state index < -0.39 is 36.5 Å². The molecule has 36 heavy (non-hydrogen) atoms. The zero-order chi connectivity index (χ0) is 26.9. The van der Waals surface area contributed by atoms with Gasteiger partial charge in [-0.15, -0.1) is 0 Å². The monoisotopic (exact) mass is 529 g/mol. The van der Waals surface area contributed by atoms with Crippen LogP contribution in [0.4, 0.5) is 30.7 Å². The highest BCUT2D eigenvalue weighted by atomic mass is 19.4. The molecule has 4 fully saturated rings. The van der Waals surface area contributed by atoms with E-state index in [1.165, 1.54) is 12.8 Å². The quantitative estimate of drug-likeness (QED) is 0.285. The number of fused-ring (bicyclic) bond motifs is 5. The lowest BCUT2D eigenvalue weighted by atomic mass is 9.46. The van der Waals surface area contributed by atoms with E-state index >= 15 is 0 Å². The van der Waals surface area contributed by atoms with Crippen molar-refractivity contribution in [2.24, 2.45) is 40.4 Å². The molecule has 1 aliphatic heterocycles. The molecule has 8 atom stereocenters. The summed E-state index contributed by atoms with van der Waals surface area (Å²) in [6, 6.07) is 0.587. The highest BCUT2D eigenvalue weighted by Crippen LogP contribution is 2.67. The number of piperidine rings is 1. The van der Waals surface area contributed by atoms with Gasteiger partial charge in [-0.1, -0.05) is 20.8 Å². The van der Waals surface area contributed by atoms with Crippen LogP contribution in [0, 0.1) is 40.4 Å². The van der Waals surface area contributed by atoms with E-state index in [0.717, 1.165) is 45.1 Å². The third-order valence-corrected chi connectivity index (χ3v) is 10.8. The Balaban J connectivity index is 1.43. The molecule has 3 saturated carbocycles. The molecule has 0 N–H and O–H groups in total. The Morgan fingerprint density at radius 2 is 1.58 bits per heavy atom. The Morgan fingerprint density at radius 3 is 2.22 bits per heavy atom. The summed E-state index contributed by atoms with van der Waals surface area (Å²) < 4.78 is 95.5. The van der Waals surface area contributed by atoms with Crippen molar-refractivity contribution >= 4 is 5.97 Å². The highest BCUT2D eigenvalue weighted by molar-refractivity contribution is 5.79. The largest absolute Gasteiger partial charge is 0.461 e. The second kappa shape index (κ2) is 9.01. The summed E-state index contributed by atoms with van der Waals surface area (Å²) in [5.74, 6) is -14.1. The summed E-state index contributed by atoms with van der Waals surface area (Å²) in [7, 11) is 2.22. The molecule has 0 bridgehead atoms. The molecule has 1 heterocycles. The predicted molar refractivity (Wildman–Crippen MR) is 120 cm³/mol. The van der Waals surface area contributed by atoms with E-state index in [1.54, 1.807) is 6.92 Å². The normalized spacial score (nSPS) is 40.7. The van der Waals surface area contributed by atoms with Gasteiger partial charge >= 0.3 is 24.0 Å². The van der Waals surface area contributed by atoms with Gasteiger partial charge in [0.1, 0.15) is 0 Å². The smallest absolute Gasteiger partial charge is 0.460 e. The number of hydrogen-bond donors (Lipinski definition) is 0. The van der Waals surface area contributed by atoms with Gasteiger partial charge in [0.25, 0.3) is 0 Å². The first-order chi connectivity index (χ1) is 16.5. The first kappa shape index (κ1) is 28.0. The Labute approximate surface area is 208 Å². The Morgan fingerprint density at radius 1 is 0.944 bits per heavy atom. The average Bonchev–Trinajstić information content (AvgIpc) is 3.13. The molecular formula is C26H38F7NO2. The molecule has 0 amide bonds. The van der Waals surface area contributed by atoms with Crippen molar-refractivity contribution in [3.05, 3.63) is 0 Å². The van der Waals surface area contributed by atoms with Crippen LogP contribution in [0.25, 0.3) is 0 Å². The number of likely N-dealkylation sites (tertiary alicyclic amines) is 1. The molecule has 4 aliphatic rings. The van der Waals surface area contributed by atoms with E-state index in [-0.39, 0.29) is 16.7 Å². The molecule has 1 unspecified atom stereocenters. The van der Waals surface area contributed by atoms with Crippen LogP contribution < -0.4 is 0 Å². The highest BCUT2D eigenvalue weighted by Gasteiger charge is 2.77. The van der Waals surface area contributed by atoms with E-state index in [0.29, 0.717) is 23.8 Å². The van der Waals surface area contributed by atoms with Gasteiger partial charge in [-0.3, -0.25) is 0 Å². The fraction of sp³-hybridized carbons (Fsp3) is 0.962. The summed E-state index contributed by atoms with van der Waals surface area (Å²) in [6.07, 6.45) is 1.95. The summed E-state index contributed by atoms with van der Waals surface area (Å²) in [5, 5.41) is 0. The van der Waals surface area contributed by atoms with Crippen molar-refractivity contribution in [1.82, 2.24) is 4.90 Å². The number of nitrogens with zero attached hydrogens (tertiary/aromatic N) is 1. The number of alkyl halides is 7.